The van der Waals surface area contributed by atoms with Crippen LogP contribution in [0.4, 0.5) is 0 Å². The predicted molar refractivity (Wildman–Crippen MR) is 129 cm³/mol. The Hall–Kier alpha value is -4.51. The molecule has 4 aromatic carbocycles. The van der Waals surface area contributed by atoms with Crippen molar-refractivity contribution in [3.05, 3.63) is 125 Å². The van der Waals surface area contributed by atoms with Crippen LogP contribution in [0.2, 0.25) is 0 Å². The molecule has 5 aromatic rings. The monoisotopic (exact) mass is 432 g/mol. The summed E-state index contributed by atoms with van der Waals surface area (Å²) < 4.78 is 1.26. The number of nitrogens with zero attached hydrogens (tertiary/aromatic N) is 2. The van der Waals surface area contributed by atoms with Crippen LogP contribution in [-0.2, 0) is 6.54 Å². The molecule has 160 valence electrons. The number of fused-ring (bicyclic) bond motifs is 1. The molecule has 0 atom stereocenters. The lowest BCUT2D eigenvalue weighted by Gasteiger charge is -2.16. The van der Waals surface area contributed by atoms with Crippen molar-refractivity contribution >= 4 is 16.7 Å². The number of aromatic nitrogens is 2. The molecule has 5 heteroatoms. The first-order chi connectivity index (χ1) is 16.1. The summed E-state index contributed by atoms with van der Waals surface area (Å²) in [6.45, 7) is 0.162. The van der Waals surface area contributed by atoms with E-state index in [1.807, 2.05) is 91.0 Å². The highest BCUT2D eigenvalue weighted by Crippen LogP contribution is 2.32. The van der Waals surface area contributed by atoms with Crippen molar-refractivity contribution in [1.29, 1.82) is 0 Å². The summed E-state index contributed by atoms with van der Waals surface area (Å²) in [5.74, 6) is -1.27. The van der Waals surface area contributed by atoms with Crippen LogP contribution < -0.4 is 5.56 Å². The van der Waals surface area contributed by atoms with Gasteiger partial charge in [-0.2, -0.15) is 5.10 Å². The van der Waals surface area contributed by atoms with Crippen LogP contribution in [0, 0.1) is 0 Å². The Morgan fingerprint density at radius 1 is 0.758 bits per heavy atom. The van der Waals surface area contributed by atoms with Crippen LogP contribution in [0.25, 0.3) is 33.2 Å². The van der Waals surface area contributed by atoms with Crippen LogP contribution in [-0.4, -0.2) is 20.9 Å². The first-order valence-electron chi connectivity index (χ1n) is 10.6. The zero-order valence-corrected chi connectivity index (χ0v) is 17.7. The third kappa shape index (κ3) is 3.81. The van der Waals surface area contributed by atoms with Gasteiger partial charge in [0.15, 0.2) is 0 Å². The molecule has 1 heterocycles. The molecule has 5 rings (SSSR count). The predicted octanol–water partition coefficient (Wildman–Crippen LogP) is 5.48. The highest BCUT2D eigenvalue weighted by Gasteiger charge is 2.25. The highest BCUT2D eigenvalue weighted by molar-refractivity contribution is 5.99. The molecule has 0 aliphatic carbocycles. The van der Waals surface area contributed by atoms with E-state index >= 15 is 0 Å². The second kappa shape index (κ2) is 8.55. The number of carboxylic acid groups (broad SMARTS) is 1. The van der Waals surface area contributed by atoms with Crippen LogP contribution in [0.3, 0.4) is 0 Å². The summed E-state index contributed by atoms with van der Waals surface area (Å²) in [5.41, 5.74) is 2.14. The molecule has 5 nitrogen and oxygen atoms in total. The third-order valence-corrected chi connectivity index (χ3v) is 5.68. The van der Waals surface area contributed by atoms with Crippen molar-refractivity contribution in [2.45, 2.75) is 6.54 Å². The number of carbonyl (C=O) groups is 1. The Morgan fingerprint density at radius 2 is 1.36 bits per heavy atom. The van der Waals surface area contributed by atoms with Crippen LogP contribution in [0.5, 0.6) is 0 Å². The van der Waals surface area contributed by atoms with Gasteiger partial charge in [0.2, 0.25) is 0 Å². The third-order valence-electron chi connectivity index (χ3n) is 5.68. The molecule has 0 fully saturated rings. The average molecular weight is 432 g/mol. The van der Waals surface area contributed by atoms with E-state index in [1.165, 1.54) is 4.68 Å². The van der Waals surface area contributed by atoms with E-state index in [2.05, 4.69) is 0 Å². The van der Waals surface area contributed by atoms with Crippen molar-refractivity contribution < 1.29 is 9.90 Å². The van der Waals surface area contributed by atoms with E-state index in [-0.39, 0.29) is 12.1 Å². The molecular weight excluding hydrogens is 412 g/mol. The SMILES string of the molecule is O=C(O)c1c(-c2ccccc2)c(-c2ccccc2)nn(Cc2cccc3ccccc23)c1=O. The Bertz CT molecular complexity index is 1520. The fraction of sp³-hybridized carbons (Fsp3) is 0.0357. The molecule has 0 bridgehead atoms. The van der Waals surface area contributed by atoms with Gasteiger partial charge in [-0.05, 0) is 21.9 Å². The summed E-state index contributed by atoms with van der Waals surface area (Å²) in [6.07, 6.45) is 0. The lowest BCUT2D eigenvalue weighted by atomic mass is 9.95. The zero-order valence-electron chi connectivity index (χ0n) is 17.7. The molecule has 0 unspecified atom stereocenters. The van der Waals surface area contributed by atoms with Crippen molar-refractivity contribution in [3.63, 3.8) is 0 Å². The summed E-state index contributed by atoms with van der Waals surface area (Å²) in [4.78, 5) is 25.8. The van der Waals surface area contributed by atoms with Gasteiger partial charge in [0.25, 0.3) is 5.56 Å². The maximum absolute atomic E-state index is 13.4. The van der Waals surface area contributed by atoms with Crippen LogP contribution in [0.15, 0.2) is 108 Å². The highest BCUT2D eigenvalue weighted by atomic mass is 16.4. The maximum Gasteiger partial charge on any atom is 0.342 e. The molecule has 0 aliphatic rings. The molecule has 0 saturated carbocycles. The number of carboxylic acids is 1. The van der Waals surface area contributed by atoms with Crippen LogP contribution >= 0.6 is 0 Å². The second-order valence-corrected chi connectivity index (χ2v) is 7.74. The second-order valence-electron chi connectivity index (χ2n) is 7.74. The molecule has 1 N–H and O–H groups in total. The first kappa shape index (κ1) is 20.4. The summed E-state index contributed by atoms with van der Waals surface area (Å²) in [6, 6.07) is 32.2. The van der Waals surface area contributed by atoms with Gasteiger partial charge in [0.1, 0.15) is 5.56 Å². The molecule has 0 saturated heterocycles. The van der Waals surface area contributed by atoms with Gasteiger partial charge in [0, 0.05) is 11.1 Å². The average Bonchev–Trinajstić information content (AvgIpc) is 2.86. The van der Waals surface area contributed by atoms with Crippen molar-refractivity contribution in [2.24, 2.45) is 0 Å². The quantitative estimate of drug-likeness (QED) is 0.399. The van der Waals surface area contributed by atoms with Gasteiger partial charge in [-0.15, -0.1) is 0 Å². The lowest BCUT2D eigenvalue weighted by molar-refractivity contribution is 0.0694. The first-order valence-corrected chi connectivity index (χ1v) is 10.6. The molecular formula is C28H20N2O3. The minimum absolute atomic E-state index is 0.162. The van der Waals surface area contributed by atoms with E-state index in [0.29, 0.717) is 16.8 Å². The Morgan fingerprint density at radius 3 is 2.06 bits per heavy atom. The topological polar surface area (TPSA) is 72.2 Å². The van der Waals surface area contributed by atoms with Gasteiger partial charge >= 0.3 is 5.97 Å². The Balaban J connectivity index is 1.79. The zero-order chi connectivity index (χ0) is 22.8. The molecule has 0 aliphatic heterocycles. The molecule has 0 radical (unpaired) electrons. The number of hydrogen-bond donors (Lipinski definition) is 1. The molecule has 1 aromatic heterocycles. The van der Waals surface area contributed by atoms with E-state index in [9.17, 15) is 14.7 Å². The normalized spacial score (nSPS) is 10.9. The smallest absolute Gasteiger partial charge is 0.342 e. The molecule has 0 spiro atoms. The maximum atomic E-state index is 13.4. The summed E-state index contributed by atoms with van der Waals surface area (Å²) >= 11 is 0. The largest absolute Gasteiger partial charge is 0.477 e. The summed E-state index contributed by atoms with van der Waals surface area (Å²) in [7, 11) is 0. The number of benzene rings is 4. The Labute approximate surface area is 190 Å². The number of rotatable bonds is 5. The van der Waals surface area contributed by atoms with Gasteiger partial charge in [0.05, 0.1) is 12.2 Å². The van der Waals surface area contributed by atoms with Gasteiger partial charge in [-0.1, -0.05) is 103 Å². The van der Waals surface area contributed by atoms with Gasteiger partial charge < -0.3 is 5.11 Å². The van der Waals surface area contributed by atoms with Crippen molar-refractivity contribution in [3.8, 4) is 22.4 Å². The van der Waals surface area contributed by atoms with Gasteiger partial charge in [-0.25, -0.2) is 9.48 Å². The van der Waals surface area contributed by atoms with E-state index in [4.69, 9.17) is 5.10 Å². The minimum atomic E-state index is -1.27. The van der Waals surface area contributed by atoms with E-state index < -0.39 is 11.5 Å². The number of hydrogen-bond acceptors (Lipinski definition) is 3. The molecule has 0 amide bonds. The van der Waals surface area contributed by atoms with Crippen LogP contribution in [0.1, 0.15) is 15.9 Å². The van der Waals surface area contributed by atoms with Crippen molar-refractivity contribution in [2.75, 3.05) is 0 Å². The lowest BCUT2D eigenvalue weighted by Crippen LogP contribution is -2.31. The fourth-order valence-corrected chi connectivity index (χ4v) is 4.15. The number of aromatic carboxylic acids is 1. The fourth-order valence-electron chi connectivity index (χ4n) is 4.15. The molecule has 33 heavy (non-hydrogen) atoms. The van der Waals surface area contributed by atoms with E-state index in [0.717, 1.165) is 21.9 Å². The van der Waals surface area contributed by atoms with Crippen molar-refractivity contribution in [1.82, 2.24) is 9.78 Å². The minimum Gasteiger partial charge on any atom is -0.477 e. The van der Waals surface area contributed by atoms with Gasteiger partial charge in [-0.3, -0.25) is 4.79 Å². The standard InChI is InChI=1S/C28H20N2O3/c31-27-25(28(32)33)24(20-11-3-1-4-12-20)26(21-13-5-2-6-14-21)29-30(27)18-22-16-9-15-19-10-7-8-17-23(19)22/h1-17H,18H2,(H,32,33). The summed E-state index contributed by atoms with van der Waals surface area (Å²) in [5, 5.41) is 16.9. The Kier molecular flexibility index (Phi) is 5.29. The van der Waals surface area contributed by atoms with E-state index in [1.54, 1.807) is 12.1 Å².